The normalized spacial score (nSPS) is 14.7. The number of carboxylic acids is 1. The molecule has 1 fully saturated rings. The number of hydrogen-bond acceptors (Lipinski definition) is 4. The second-order valence-corrected chi connectivity index (χ2v) is 5.61. The molecular formula is C16H22ClN3O3. The van der Waals surface area contributed by atoms with Gasteiger partial charge in [0.1, 0.15) is 5.82 Å². The van der Waals surface area contributed by atoms with Crippen LogP contribution in [0.2, 0.25) is 0 Å². The van der Waals surface area contributed by atoms with Crippen LogP contribution in [-0.4, -0.2) is 46.9 Å². The van der Waals surface area contributed by atoms with Gasteiger partial charge in [-0.3, -0.25) is 4.79 Å². The Balaban J connectivity index is 0.00000192. The smallest absolute Gasteiger partial charge is 0.303 e. The van der Waals surface area contributed by atoms with Crippen LogP contribution in [0.15, 0.2) is 18.2 Å². The number of imidazole rings is 1. The summed E-state index contributed by atoms with van der Waals surface area (Å²) < 4.78 is 7.44. The fourth-order valence-corrected chi connectivity index (χ4v) is 2.88. The highest BCUT2D eigenvalue weighted by atomic mass is 35.5. The van der Waals surface area contributed by atoms with Crippen molar-refractivity contribution in [1.29, 1.82) is 0 Å². The van der Waals surface area contributed by atoms with E-state index in [1.54, 1.807) is 0 Å². The van der Waals surface area contributed by atoms with Crippen molar-refractivity contribution in [1.82, 2.24) is 9.55 Å². The number of morpholine rings is 1. The fraction of sp³-hybridized carbons (Fsp3) is 0.500. The Morgan fingerprint density at radius 3 is 2.78 bits per heavy atom. The molecule has 126 valence electrons. The number of aromatic nitrogens is 2. The first-order chi connectivity index (χ1) is 10.6. The van der Waals surface area contributed by atoms with Gasteiger partial charge in [-0.05, 0) is 24.6 Å². The molecule has 0 bridgehead atoms. The lowest BCUT2D eigenvalue weighted by atomic mass is 10.2. The molecule has 0 unspecified atom stereocenters. The van der Waals surface area contributed by atoms with E-state index in [2.05, 4.69) is 32.7 Å². The number of aliphatic carboxylic acids is 1. The van der Waals surface area contributed by atoms with E-state index >= 15 is 0 Å². The number of carbonyl (C=O) groups is 1. The largest absolute Gasteiger partial charge is 0.481 e. The number of anilines is 1. The Labute approximate surface area is 141 Å². The molecule has 0 amide bonds. The molecule has 0 saturated carbocycles. The van der Waals surface area contributed by atoms with Gasteiger partial charge in [-0.1, -0.05) is 0 Å². The molecule has 3 rings (SSSR count). The van der Waals surface area contributed by atoms with Gasteiger partial charge in [-0.15, -0.1) is 12.4 Å². The minimum atomic E-state index is -0.756. The van der Waals surface area contributed by atoms with E-state index in [0.717, 1.165) is 43.2 Å². The summed E-state index contributed by atoms with van der Waals surface area (Å²) in [5, 5.41) is 8.74. The summed E-state index contributed by atoms with van der Waals surface area (Å²) in [4.78, 5) is 17.6. The molecular weight excluding hydrogens is 318 g/mol. The highest BCUT2D eigenvalue weighted by molar-refractivity contribution is 5.85. The second-order valence-electron chi connectivity index (χ2n) is 5.61. The van der Waals surface area contributed by atoms with Gasteiger partial charge in [0.25, 0.3) is 0 Å². The summed E-state index contributed by atoms with van der Waals surface area (Å²) in [5.74, 6) is 0.184. The summed E-state index contributed by atoms with van der Waals surface area (Å²) >= 11 is 0. The van der Waals surface area contributed by atoms with Gasteiger partial charge in [0.15, 0.2) is 0 Å². The van der Waals surface area contributed by atoms with E-state index < -0.39 is 5.97 Å². The molecule has 1 aliphatic rings. The van der Waals surface area contributed by atoms with Crippen molar-refractivity contribution in [3.63, 3.8) is 0 Å². The molecule has 0 radical (unpaired) electrons. The average Bonchev–Trinajstić information content (AvgIpc) is 2.84. The van der Waals surface area contributed by atoms with E-state index in [0.29, 0.717) is 12.8 Å². The van der Waals surface area contributed by atoms with Crippen LogP contribution in [0, 0.1) is 0 Å². The summed E-state index contributed by atoms with van der Waals surface area (Å²) in [6, 6.07) is 6.32. The first-order valence-electron chi connectivity index (χ1n) is 7.65. The van der Waals surface area contributed by atoms with Crippen LogP contribution >= 0.6 is 12.4 Å². The van der Waals surface area contributed by atoms with Gasteiger partial charge in [0.2, 0.25) is 0 Å². The number of carboxylic acid groups (broad SMARTS) is 1. The van der Waals surface area contributed by atoms with Crippen molar-refractivity contribution in [3.05, 3.63) is 24.0 Å². The van der Waals surface area contributed by atoms with E-state index in [9.17, 15) is 4.79 Å². The predicted octanol–water partition coefficient (Wildman–Crippen LogP) is 2.24. The van der Waals surface area contributed by atoms with E-state index in [1.807, 2.05) is 7.05 Å². The summed E-state index contributed by atoms with van der Waals surface area (Å²) in [6.45, 7) is 3.34. The van der Waals surface area contributed by atoms with Crippen molar-refractivity contribution in [2.24, 2.45) is 7.05 Å². The van der Waals surface area contributed by atoms with E-state index in [4.69, 9.17) is 9.84 Å². The Morgan fingerprint density at radius 1 is 1.35 bits per heavy atom. The summed E-state index contributed by atoms with van der Waals surface area (Å²) in [5.41, 5.74) is 3.23. The zero-order valence-corrected chi connectivity index (χ0v) is 14.0. The molecule has 7 heteroatoms. The molecule has 0 spiro atoms. The summed E-state index contributed by atoms with van der Waals surface area (Å²) in [7, 11) is 1.99. The standard InChI is InChI=1S/C16H21N3O3.ClH/c1-18-14-6-5-12(19-7-9-22-10-8-19)11-13(14)17-15(18)3-2-4-16(20)21;/h5-6,11H,2-4,7-10H2,1H3,(H,20,21);1H. The minimum Gasteiger partial charge on any atom is -0.481 e. The zero-order valence-electron chi connectivity index (χ0n) is 13.2. The number of rotatable bonds is 5. The molecule has 1 saturated heterocycles. The lowest BCUT2D eigenvalue weighted by Crippen LogP contribution is -2.36. The zero-order chi connectivity index (χ0) is 15.5. The van der Waals surface area contributed by atoms with Crippen LogP contribution in [0.3, 0.4) is 0 Å². The maximum atomic E-state index is 10.6. The van der Waals surface area contributed by atoms with Gasteiger partial charge in [0, 0.05) is 38.7 Å². The lowest BCUT2D eigenvalue weighted by Gasteiger charge is -2.28. The topological polar surface area (TPSA) is 67.6 Å². The third kappa shape index (κ3) is 3.95. The Kier molecular flexibility index (Phi) is 5.85. The lowest BCUT2D eigenvalue weighted by molar-refractivity contribution is -0.137. The van der Waals surface area contributed by atoms with Crippen molar-refractivity contribution >= 4 is 35.1 Å². The highest BCUT2D eigenvalue weighted by Gasteiger charge is 2.14. The molecule has 1 N–H and O–H groups in total. The predicted molar refractivity (Wildman–Crippen MR) is 91.6 cm³/mol. The summed E-state index contributed by atoms with van der Waals surface area (Å²) in [6.07, 6.45) is 1.48. The van der Waals surface area contributed by atoms with Gasteiger partial charge in [0.05, 0.1) is 24.2 Å². The number of ether oxygens (including phenoxy) is 1. The third-order valence-electron chi connectivity index (χ3n) is 4.12. The van der Waals surface area contributed by atoms with Crippen LogP contribution in [0.5, 0.6) is 0 Å². The first kappa shape index (κ1) is 17.6. The van der Waals surface area contributed by atoms with Gasteiger partial charge < -0.3 is 19.3 Å². The number of benzene rings is 1. The molecule has 6 nitrogen and oxygen atoms in total. The molecule has 23 heavy (non-hydrogen) atoms. The molecule has 0 atom stereocenters. The fourth-order valence-electron chi connectivity index (χ4n) is 2.88. The Bertz CT molecular complexity index is 681. The van der Waals surface area contributed by atoms with Crippen molar-refractivity contribution < 1.29 is 14.6 Å². The SMILES string of the molecule is Cl.Cn1c(CCCC(=O)O)nc2cc(N3CCOCC3)ccc21. The molecule has 1 aromatic carbocycles. The molecule has 0 aliphatic carbocycles. The molecule has 2 aromatic rings. The van der Waals surface area contributed by atoms with Crippen LogP contribution in [0.1, 0.15) is 18.7 Å². The van der Waals surface area contributed by atoms with Crippen LogP contribution in [0.25, 0.3) is 11.0 Å². The first-order valence-corrected chi connectivity index (χ1v) is 7.65. The third-order valence-corrected chi connectivity index (χ3v) is 4.12. The van der Waals surface area contributed by atoms with Gasteiger partial charge >= 0.3 is 5.97 Å². The number of hydrogen-bond donors (Lipinski definition) is 1. The van der Waals surface area contributed by atoms with E-state index in [-0.39, 0.29) is 18.8 Å². The highest BCUT2D eigenvalue weighted by Crippen LogP contribution is 2.23. The number of halogens is 1. The van der Waals surface area contributed by atoms with Crippen LogP contribution in [-0.2, 0) is 23.0 Å². The average molecular weight is 340 g/mol. The van der Waals surface area contributed by atoms with Gasteiger partial charge in [-0.25, -0.2) is 4.98 Å². The van der Waals surface area contributed by atoms with Gasteiger partial charge in [-0.2, -0.15) is 0 Å². The van der Waals surface area contributed by atoms with E-state index in [1.165, 1.54) is 5.69 Å². The molecule has 1 aromatic heterocycles. The quantitative estimate of drug-likeness (QED) is 0.904. The maximum Gasteiger partial charge on any atom is 0.303 e. The Morgan fingerprint density at radius 2 is 2.09 bits per heavy atom. The number of fused-ring (bicyclic) bond motifs is 1. The van der Waals surface area contributed by atoms with Crippen molar-refractivity contribution in [2.45, 2.75) is 19.3 Å². The second kappa shape index (κ2) is 7.66. The van der Waals surface area contributed by atoms with Crippen LogP contribution < -0.4 is 4.90 Å². The molecule has 1 aliphatic heterocycles. The van der Waals surface area contributed by atoms with Crippen molar-refractivity contribution in [2.75, 3.05) is 31.2 Å². The van der Waals surface area contributed by atoms with Crippen LogP contribution in [0.4, 0.5) is 5.69 Å². The number of aryl methyl sites for hydroxylation is 2. The molecule has 2 heterocycles. The maximum absolute atomic E-state index is 10.6. The Hall–Kier alpha value is -1.79. The van der Waals surface area contributed by atoms with Crippen molar-refractivity contribution in [3.8, 4) is 0 Å². The number of nitrogens with zero attached hydrogens (tertiary/aromatic N) is 3. The minimum absolute atomic E-state index is 0. The monoisotopic (exact) mass is 339 g/mol.